The summed E-state index contributed by atoms with van der Waals surface area (Å²) in [5.41, 5.74) is 1.73. The minimum Gasteiger partial charge on any atom is -0.353 e. The van der Waals surface area contributed by atoms with Gasteiger partial charge in [0.25, 0.3) is 0 Å². The van der Waals surface area contributed by atoms with E-state index in [0.717, 1.165) is 55.8 Å². The van der Waals surface area contributed by atoms with Crippen LogP contribution in [0.3, 0.4) is 0 Å². The zero-order chi connectivity index (χ0) is 16.2. The highest BCUT2D eigenvalue weighted by atomic mass is 15.3. The zero-order valence-electron chi connectivity index (χ0n) is 13.5. The van der Waals surface area contributed by atoms with E-state index in [9.17, 15) is 0 Å². The van der Waals surface area contributed by atoms with Gasteiger partial charge in [-0.25, -0.2) is 15.0 Å². The van der Waals surface area contributed by atoms with Gasteiger partial charge < -0.3 is 9.80 Å². The van der Waals surface area contributed by atoms with Crippen LogP contribution < -0.4 is 9.80 Å². The second-order valence-corrected chi connectivity index (χ2v) is 5.61. The lowest BCUT2D eigenvalue weighted by molar-refractivity contribution is 0.639. The van der Waals surface area contributed by atoms with Crippen molar-refractivity contribution in [1.82, 2.24) is 15.0 Å². The lowest BCUT2D eigenvalue weighted by Gasteiger charge is -2.36. The van der Waals surface area contributed by atoms with Gasteiger partial charge in [-0.15, -0.1) is 0 Å². The zero-order valence-corrected chi connectivity index (χ0v) is 13.5. The second kappa shape index (κ2) is 6.61. The van der Waals surface area contributed by atoms with Crippen molar-refractivity contribution < 1.29 is 0 Å². The number of rotatable bonds is 3. The van der Waals surface area contributed by atoms with E-state index in [1.54, 1.807) is 12.3 Å². The van der Waals surface area contributed by atoms with E-state index < -0.39 is 0 Å². The van der Waals surface area contributed by atoms with Gasteiger partial charge in [0.1, 0.15) is 17.5 Å². The first-order valence-corrected chi connectivity index (χ1v) is 7.90. The minimum atomic E-state index is 0.649. The number of pyridine rings is 1. The number of nitriles is 1. The maximum atomic E-state index is 9.01. The number of anilines is 2. The van der Waals surface area contributed by atoms with E-state index in [1.165, 1.54) is 0 Å². The molecule has 0 unspecified atom stereocenters. The summed E-state index contributed by atoms with van der Waals surface area (Å²) in [6, 6.07) is 7.83. The van der Waals surface area contributed by atoms with Crippen molar-refractivity contribution in [3.8, 4) is 6.07 Å². The summed E-state index contributed by atoms with van der Waals surface area (Å²) < 4.78 is 0. The van der Waals surface area contributed by atoms with E-state index in [2.05, 4.69) is 43.8 Å². The predicted molar refractivity (Wildman–Crippen MR) is 89.5 cm³/mol. The molecule has 6 nitrogen and oxygen atoms in total. The Labute approximate surface area is 136 Å². The topological polar surface area (TPSA) is 68.9 Å². The van der Waals surface area contributed by atoms with Crippen molar-refractivity contribution in [1.29, 1.82) is 5.26 Å². The third-order valence-corrected chi connectivity index (χ3v) is 4.04. The molecule has 23 heavy (non-hydrogen) atoms. The smallest absolute Gasteiger partial charge is 0.132 e. The van der Waals surface area contributed by atoms with Crippen LogP contribution in [0, 0.1) is 18.3 Å². The molecule has 0 bridgehead atoms. The predicted octanol–water partition coefficient (Wildman–Crippen LogP) is 1.94. The van der Waals surface area contributed by atoms with Crippen LogP contribution in [-0.4, -0.2) is 41.1 Å². The van der Waals surface area contributed by atoms with E-state index in [0.29, 0.717) is 5.56 Å². The molecule has 0 aliphatic carbocycles. The first kappa shape index (κ1) is 15.2. The van der Waals surface area contributed by atoms with Crippen molar-refractivity contribution >= 4 is 11.6 Å². The molecule has 3 rings (SSSR count). The molecule has 0 amide bonds. The Bertz CT molecular complexity index is 728. The average Bonchev–Trinajstić information content (AvgIpc) is 2.61. The quantitative estimate of drug-likeness (QED) is 0.863. The maximum absolute atomic E-state index is 9.01. The van der Waals surface area contributed by atoms with Crippen molar-refractivity contribution in [2.75, 3.05) is 36.0 Å². The van der Waals surface area contributed by atoms with Gasteiger partial charge in [-0.05, 0) is 25.5 Å². The molecule has 3 heterocycles. The van der Waals surface area contributed by atoms with Crippen LogP contribution in [-0.2, 0) is 6.42 Å². The van der Waals surface area contributed by atoms with Crippen LogP contribution in [0.5, 0.6) is 0 Å². The Balaban J connectivity index is 1.71. The molecule has 0 aromatic carbocycles. The fourth-order valence-corrected chi connectivity index (χ4v) is 2.78. The SMILES string of the molecule is CCc1cc(N2CCN(c3cc(C#N)ccn3)CC2)nc(C)n1. The monoisotopic (exact) mass is 308 g/mol. The Morgan fingerprint density at radius 3 is 2.43 bits per heavy atom. The summed E-state index contributed by atoms with van der Waals surface area (Å²) in [6.45, 7) is 7.56. The number of nitrogens with zero attached hydrogens (tertiary/aromatic N) is 6. The molecule has 0 N–H and O–H groups in total. The fraction of sp³-hybridized carbons (Fsp3) is 0.412. The minimum absolute atomic E-state index is 0.649. The Morgan fingerprint density at radius 1 is 1.09 bits per heavy atom. The van der Waals surface area contributed by atoms with Gasteiger partial charge in [-0.3, -0.25) is 0 Å². The van der Waals surface area contributed by atoms with Gasteiger partial charge in [0.15, 0.2) is 0 Å². The molecule has 118 valence electrons. The lowest BCUT2D eigenvalue weighted by Crippen LogP contribution is -2.47. The Kier molecular flexibility index (Phi) is 4.38. The summed E-state index contributed by atoms with van der Waals surface area (Å²) in [5.74, 6) is 2.70. The normalized spacial score (nSPS) is 14.7. The third-order valence-electron chi connectivity index (χ3n) is 4.04. The Morgan fingerprint density at radius 2 is 1.78 bits per heavy atom. The van der Waals surface area contributed by atoms with Crippen LogP contribution in [0.4, 0.5) is 11.6 Å². The van der Waals surface area contributed by atoms with Gasteiger partial charge in [0.2, 0.25) is 0 Å². The molecule has 0 spiro atoms. The molecule has 1 aliphatic rings. The van der Waals surface area contributed by atoms with Gasteiger partial charge in [-0.2, -0.15) is 5.26 Å². The fourth-order valence-electron chi connectivity index (χ4n) is 2.78. The van der Waals surface area contributed by atoms with Crippen LogP contribution in [0.15, 0.2) is 24.4 Å². The molecule has 1 saturated heterocycles. The lowest BCUT2D eigenvalue weighted by atomic mass is 10.2. The van der Waals surface area contributed by atoms with Crippen molar-refractivity contribution in [3.05, 3.63) is 41.5 Å². The number of piperazine rings is 1. The molecule has 1 fully saturated rings. The van der Waals surface area contributed by atoms with E-state index in [-0.39, 0.29) is 0 Å². The summed E-state index contributed by atoms with van der Waals surface area (Å²) >= 11 is 0. The highest BCUT2D eigenvalue weighted by molar-refractivity contribution is 5.48. The van der Waals surface area contributed by atoms with Gasteiger partial charge in [0.05, 0.1) is 11.6 Å². The second-order valence-electron chi connectivity index (χ2n) is 5.61. The summed E-state index contributed by atoms with van der Waals surface area (Å²) in [5, 5.41) is 9.01. The van der Waals surface area contributed by atoms with E-state index in [1.807, 2.05) is 13.0 Å². The first-order chi connectivity index (χ1) is 11.2. The molecule has 2 aromatic heterocycles. The van der Waals surface area contributed by atoms with Crippen LogP contribution in [0.25, 0.3) is 0 Å². The van der Waals surface area contributed by atoms with Gasteiger partial charge in [-0.1, -0.05) is 6.92 Å². The van der Waals surface area contributed by atoms with Crippen molar-refractivity contribution in [2.24, 2.45) is 0 Å². The highest BCUT2D eigenvalue weighted by Crippen LogP contribution is 2.19. The molecule has 0 radical (unpaired) electrons. The first-order valence-electron chi connectivity index (χ1n) is 7.90. The molecule has 6 heteroatoms. The van der Waals surface area contributed by atoms with Gasteiger partial charge in [0, 0.05) is 44.1 Å². The van der Waals surface area contributed by atoms with Gasteiger partial charge >= 0.3 is 0 Å². The van der Waals surface area contributed by atoms with Crippen LogP contribution >= 0.6 is 0 Å². The maximum Gasteiger partial charge on any atom is 0.132 e. The number of aryl methyl sites for hydroxylation is 2. The van der Waals surface area contributed by atoms with Crippen molar-refractivity contribution in [3.63, 3.8) is 0 Å². The third kappa shape index (κ3) is 3.39. The molecular weight excluding hydrogens is 288 g/mol. The summed E-state index contributed by atoms with van der Waals surface area (Å²) in [7, 11) is 0. The van der Waals surface area contributed by atoms with E-state index >= 15 is 0 Å². The molecular formula is C17H20N6. The number of aromatic nitrogens is 3. The standard InChI is InChI=1S/C17H20N6/c1-3-15-11-17(21-13(2)20-15)23-8-6-22(7-9-23)16-10-14(12-18)4-5-19-16/h4-5,10-11H,3,6-9H2,1-2H3. The summed E-state index contributed by atoms with van der Waals surface area (Å²) in [6.07, 6.45) is 2.61. The highest BCUT2D eigenvalue weighted by Gasteiger charge is 2.20. The van der Waals surface area contributed by atoms with E-state index in [4.69, 9.17) is 5.26 Å². The molecule has 1 aliphatic heterocycles. The number of hydrogen-bond donors (Lipinski definition) is 0. The molecule has 0 atom stereocenters. The Hall–Kier alpha value is -2.68. The van der Waals surface area contributed by atoms with Crippen LogP contribution in [0.1, 0.15) is 24.0 Å². The molecule has 2 aromatic rings. The molecule has 0 saturated carbocycles. The summed E-state index contributed by atoms with van der Waals surface area (Å²) in [4.78, 5) is 17.9. The number of hydrogen-bond acceptors (Lipinski definition) is 6. The van der Waals surface area contributed by atoms with Crippen molar-refractivity contribution in [2.45, 2.75) is 20.3 Å². The average molecular weight is 308 g/mol. The van der Waals surface area contributed by atoms with Crippen LogP contribution in [0.2, 0.25) is 0 Å². The largest absolute Gasteiger partial charge is 0.353 e.